The lowest BCUT2D eigenvalue weighted by molar-refractivity contribution is 0.102. The van der Waals surface area contributed by atoms with Gasteiger partial charge in [-0.1, -0.05) is 47.7 Å². The molecule has 0 atom stereocenters. The average Bonchev–Trinajstić information content (AvgIpc) is 3.23. The monoisotopic (exact) mass is 457 g/mol. The predicted molar refractivity (Wildman–Crippen MR) is 121 cm³/mol. The predicted octanol–water partition coefficient (Wildman–Crippen LogP) is 2.70. The highest BCUT2D eigenvalue weighted by Crippen LogP contribution is 2.27. The number of hydrogen-bond acceptors (Lipinski definition) is 7. The number of hydrogen-bond donors (Lipinski definition) is 1. The van der Waals surface area contributed by atoms with E-state index in [0.29, 0.717) is 47.4 Å². The number of aromatic nitrogens is 2. The lowest BCUT2D eigenvalue weighted by Gasteiger charge is -2.31. The fourth-order valence-corrected chi connectivity index (χ4v) is 5.51. The number of aryl methyl sites for hydroxylation is 1. The molecule has 1 N–H and O–H groups in total. The highest BCUT2D eigenvalue weighted by molar-refractivity contribution is 7.89. The van der Waals surface area contributed by atoms with Gasteiger partial charge in [-0.15, -0.1) is 10.2 Å². The van der Waals surface area contributed by atoms with Crippen LogP contribution < -0.4 is 5.32 Å². The van der Waals surface area contributed by atoms with E-state index >= 15 is 0 Å². The summed E-state index contributed by atoms with van der Waals surface area (Å²) in [6.07, 6.45) is 0. The molecular formula is C21H23N5O3S2. The maximum absolute atomic E-state index is 13.1. The van der Waals surface area contributed by atoms with Crippen LogP contribution in [-0.4, -0.2) is 67.0 Å². The molecule has 2 heterocycles. The maximum Gasteiger partial charge on any atom is 0.257 e. The highest BCUT2D eigenvalue weighted by atomic mass is 32.2. The zero-order valence-corrected chi connectivity index (χ0v) is 18.9. The Morgan fingerprint density at radius 1 is 1.03 bits per heavy atom. The largest absolute Gasteiger partial charge is 0.304 e. The van der Waals surface area contributed by atoms with Crippen LogP contribution in [0.1, 0.15) is 15.9 Å². The van der Waals surface area contributed by atoms with E-state index in [4.69, 9.17) is 0 Å². The van der Waals surface area contributed by atoms with E-state index in [2.05, 4.69) is 20.4 Å². The number of benzene rings is 2. The van der Waals surface area contributed by atoms with Gasteiger partial charge in [0.2, 0.25) is 15.2 Å². The minimum Gasteiger partial charge on any atom is -0.304 e. The van der Waals surface area contributed by atoms with Crippen LogP contribution in [0.15, 0.2) is 53.4 Å². The third kappa shape index (κ3) is 4.67. The van der Waals surface area contributed by atoms with Crippen molar-refractivity contribution in [3.8, 4) is 10.6 Å². The van der Waals surface area contributed by atoms with Crippen molar-refractivity contribution in [2.24, 2.45) is 0 Å². The summed E-state index contributed by atoms with van der Waals surface area (Å²) >= 11 is 1.26. The van der Waals surface area contributed by atoms with Crippen LogP contribution in [0.5, 0.6) is 0 Å². The number of nitrogens with zero attached hydrogens (tertiary/aromatic N) is 4. The molecule has 31 heavy (non-hydrogen) atoms. The number of sulfonamides is 1. The number of carbonyl (C=O) groups is 1. The molecule has 1 amide bonds. The maximum atomic E-state index is 13.1. The fourth-order valence-electron chi connectivity index (χ4n) is 3.32. The molecule has 4 rings (SSSR count). The van der Waals surface area contributed by atoms with E-state index in [1.807, 2.05) is 37.4 Å². The topological polar surface area (TPSA) is 95.5 Å². The van der Waals surface area contributed by atoms with Crippen molar-refractivity contribution in [1.82, 2.24) is 19.4 Å². The molecule has 3 aromatic rings. The second-order valence-electron chi connectivity index (χ2n) is 7.42. The lowest BCUT2D eigenvalue weighted by Crippen LogP contribution is -2.47. The van der Waals surface area contributed by atoms with E-state index in [-0.39, 0.29) is 4.90 Å². The SMILES string of the molecule is Cc1ccc(S(=O)(=O)N2CCN(C)CC2)cc1C(=O)Nc1nnc(-c2ccccc2)s1. The zero-order chi connectivity index (χ0) is 22.0. The molecule has 1 aliphatic heterocycles. The van der Waals surface area contributed by atoms with Crippen molar-refractivity contribution >= 4 is 32.4 Å². The van der Waals surface area contributed by atoms with Gasteiger partial charge in [0, 0.05) is 37.3 Å². The standard InChI is InChI=1S/C21H23N5O3S2/c1-15-8-9-17(31(28,29)26-12-10-25(2)11-13-26)14-18(15)19(27)22-21-24-23-20(30-21)16-6-4-3-5-7-16/h3-9,14H,10-13H2,1-2H3,(H,22,24,27). The summed E-state index contributed by atoms with van der Waals surface area (Å²) in [7, 11) is -1.69. The van der Waals surface area contributed by atoms with Crippen molar-refractivity contribution in [3.05, 3.63) is 59.7 Å². The Bertz CT molecular complexity index is 1190. The average molecular weight is 458 g/mol. The van der Waals surface area contributed by atoms with E-state index in [1.165, 1.54) is 21.7 Å². The Morgan fingerprint density at radius 3 is 2.45 bits per heavy atom. The van der Waals surface area contributed by atoms with E-state index in [1.54, 1.807) is 19.1 Å². The Labute approximate surface area is 185 Å². The third-order valence-corrected chi connectivity index (χ3v) is 8.00. The molecule has 0 bridgehead atoms. The van der Waals surface area contributed by atoms with Gasteiger partial charge in [-0.25, -0.2) is 8.42 Å². The first-order valence-corrected chi connectivity index (χ1v) is 12.1. The zero-order valence-electron chi connectivity index (χ0n) is 17.3. The van der Waals surface area contributed by atoms with Crippen LogP contribution in [-0.2, 0) is 10.0 Å². The summed E-state index contributed by atoms with van der Waals surface area (Å²) in [4.78, 5) is 15.1. The first-order chi connectivity index (χ1) is 14.8. The number of rotatable bonds is 5. The van der Waals surface area contributed by atoms with Crippen LogP contribution >= 0.6 is 11.3 Å². The minimum absolute atomic E-state index is 0.120. The molecule has 8 nitrogen and oxygen atoms in total. The molecule has 1 fully saturated rings. The van der Waals surface area contributed by atoms with Crippen molar-refractivity contribution in [3.63, 3.8) is 0 Å². The summed E-state index contributed by atoms with van der Waals surface area (Å²) in [6, 6.07) is 14.2. The normalized spacial score (nSPS) is 15.7. The number of anilines is 1. The van der Waals surface area contributed by atoms with Crippen LogP contribution in [0, 0.1) is 6.92 Å². The van der Waals surface area contributed by atoms with Gasteiger partial charge in [-0.3, -0.25) is 10.1 Å². The molecule has 0 saturated carbocycles. The van der Waals surface area contributed by atoms with Crippen LogP contribution in [0.2, 0.25) is 0 Å². The molecular weight excluding hydrogens is 434 g/mol. The Hall–Kier alpha value is -2.66. The molecule has 0 spiro atoms. The molecule has 1 aromatic heterocycles. The number of piperazine rings is 1. The second kappa shape index (κ2) is 8.83. The molecule has 0 unspecified atom stereocenters. The molecule has 162 valence electrons. The van der Waals surface area contributed by atoms with Crippen molar-refractivity contribution < 1.29 is 13.2 Å². The van der Waals surface area contributed by atoms with Gasteiger partial charge in [0.1, 0.15) is 5.01 Å². The first-order valence-electron chi connectivity index (χ1n) is 9.84. The fraction of sp³-hybridized carbons (Fsp3) is 0.286. The smallest absolute Gasteiger partial charge is 0.257 e. The second-order valence-corrected chi connectivity index (χ2v) is 10.3. The Morgan fingerprint density at radius 2 is 1.74 bits per heavy atom. The number of carbonyl (C=O) groups excluding carboxylic acids is 1. The van der Waals surface area contributed by atoms with Gasteiger partial charge in [0.25, 0.3) is 5.91 Å². The first kappa shape index (κ1) is 21.6. The Balaban J connectivity index is 1.54. The van der Waals surface area contributed by atoms with Gasteiger partial charge in [-0.05, 0) is 31.7 Å². The quantitative estimate of drug-likeness (QED) is 0.633. The summed E-state index contributed by atoms with van der Waals surface area (Å²) in [5.74, 6) is -0.413. The van der Waals surface area contributed by atoms with Gasteiger partial charge >= 0.3 is 0 Å². The van der Waals surface area contributed by atoms with Crippen LogP contribution in [0.3, 0.4) is 0 Å². The molecule has 2 aromatic carbocycles. The van der Waals surface area contributed by atoms with Crippen LogP contribution in [0.4, 0.5) is 5.13 Å². The summed E-state index contributed by atoms with van der Waals surface area (Å²) in [5, 5.41) is 12.0. The molecule has 1 saturated heterocycles. The summed E-state index contributed by atoms with van der Waals surface area (Å²) in [6.45, 7) is 4.00. The minimum atomic E-state index is -3.66. The van der Waals surface area contributed by atoms with Gasteiger partial charge in [0.05, 0.1) is 4.90 Å². The van der Waals surface area contributed by atoms with Crippen LogP contribution in [0.25, 0.3) is 10.6 Å². The molecule has 1 aliphatic rings. The summed E-state index contributed by atoms with van der Waals surface area (Å²) < 4.78 is 27.6. The third-order valence-electron chi connectivity index (χ3n) is 5.22. The molecule has 10 heteroatoms. The number of amides is 1. The van der Waals surface area contributed by atoms with Crippen molar-refractivity contribution in [2.45, 2.75) is 11.8 Å². The number of likely N-dealkylation sites (N-methyl/N-ethyl adjacent to an activating group) is 1. The van der Waals surface area contributed by atoms with Crippen molar-refractivity contribution in [2.75, 3.05) is 38.5 Å². The van der Waals surface area contributed by atoms with Gasteiger partial charge in [-0.2, -0.15) is 4.31 Å². The highest BCUT2D eigenvalue weighted by Gasteiger charge is 2.28. The summed E-state index contributed by atoms with van der Waals surface area (Å²) in [5.41, 5.74) is 1.89. The van der Waals surface area contributed by atoms with E-state index < -0.39 is 15.9 Å². The van der Waals surface area contributed by atoms with Crippen molar-refractivity contribution in [1.29, 1.82) is 0 Å². The molecule has 0 radical (unpaired) electrons. The van der Waals surface area contributed by atoms with E-state index in [0.717, 1.165) is 5.56 Å². The molecule has 0 aliphatic carbocycles. The lowest BCUT2D eigenvalue weighted by atomic mass is 10.1. The number of nitrogens with one attached hydrogen (secondary N) is 1. The Kier molecular flexibility index (Phi) is 6.15. The van der Waals surface area contributed by atoms with Gasteiger partial charge < -0.3 is 4.90 Å². The van der Waals surface area contributed by atoms with E-state index in [9.17, 15) is 13.2 Å². The van der Waals surface area contributed by atoms with Gasteiger partial charge in [0.15, 0.2) is 0 Å².